The molecule has 20 N–H and O–H groups in total. The van der Waals surface area contributed by atoms with Crippen LogP contribution in [-0.2, 0) is 61.8 Å². The number of carbonyl (C=O) groups excluding carboxylic acids is 3. The Kier molecular flexibility index (Phi) is 23.5. The lowest BCUT2D eigenvalue weighted by Gasteiger charge is -2.49. The first-order valence-electron chi connectivity index (χ1n) is 23.9. The smallest absolute Gasteiger partial charge is 0.217 e. The zero-order valence-electron chi connectivity index (χ0n) is 40.9. The molecule has 33 nitrogen and oxygen atoms in total. The summed E-state index contributed by atoms with van der Waals surface area (Å²) >= 11 is 0. The summed E-state index contributed by atoms with van der Waals surface area (Å²) < 4.78 is 57.1. The van der Waals surface area contributed by atoms with Gasteiger partial charge in [0.15, 0.2) is 31.5 Å². The van der Waals surface area contributed by atoms with Crippen molar-refractivity contribution in [1.82, 2.24) is 16.0 Å². The molecule has 0 aromatic heterocycles. The van der Waals surface area contributed by atoms with Crippen molar-refractivity contribution in [1.29, 1.82) is 0 Å². The van der Waals surface area contributed by atoms with E-state index in [1.807, 2.05) is 0 Å². The topological polar surface area (TPSA) is 524 Å². The average molecular weight is 1100 g/mol. The van der Waals surface area contributed by atoms with Crippen molar-refractivity contribution < 1.29 is 149 Å². The Hall–Kier alpha value is -2.67. The van der Waals surface area contributed by atoms with Gasteiger partial charge in [-0.1, -0.05) is 0 Å². The second kappa shape index (κ2) is 28.0. The molecule has 0 aliphatic carbocycles. The third-order valence-electron chi connectivity index (χ3n) is 13.2. The number of amides is 3. The quantitative estimate of drug-likeness (QED) is 0.0479. The molecule has 0 spiro atoms. The molecule has 5 fully saturated rings. The molecular formula is C42H73N3O30. The van der Waals surface area contributed by atoms with E-state index in [2.05, 4.69) is 16.0 Å². The maximum atomic E-state index is 12.5. The van der Waals surface area contributed by atoms with E-state index >= 15 is 0 Å². The van der Waals surface area contributed by atoms with Gasteiger partial charge in [-0.15, -0.1) is 0 Å². The molecule has 5 saturated heterocycles. The summed E-state index contributed by atoms with van der Waals surface area (Å²) in [6, 6.07) is -4.89. The van der Waals surface area contributed by atoms with Gasteiger partial charge in [0.25, 0.3) is 0 Å². The van der Waals surface area contributed by atoms with Crippen LogP contribution in [-0.4, -0.2) is 322 Å². The Bertz CT molecular complexity index is 1800. The van der Waals surface area contributed by atoms with Crippen LogP contribution in [0.25, 0.3) is 0 Å². The summed E-state index contributed by atoms with van der Waals surface area (Å²) in [7, 11) is 0. The minimum atomic E-state index is -2.29. The van der Waals surface area contributed by atoms with Crippen molar-refractivity contribution in [2.75, 3.05) is 39.6 Å². The lowest BCUT2D eigenvalue weighted by molar-refractivity contribution is -0.374. The molecule has 436 valence electrons. The number of nitrogens with one attached hydrogen (secondary N) is 3. The van der Waals surface area contributed by atoms with Gasteiger partial charge in [0.05, 0.1) is 51.8 Å². The maximum Gasteiger partial charge on any atom is 0.217 e. The van der Waals surface area contributed by atoms with Gasteiger partial charge in [0.2, 0.25) is 17.7 Å². The van der Waals surface area contributed by atoms with Gasteiger partial charge in [-0.2, -0.15) is 0 Å². The normalized spacial score (nSPS) is 44.2. The van der Waals surface area contributed by atoms with Gasteiger partial charge in [-0.25, -0.2) is 0 Å². The highest BCUT2D eigenvalue weighted by Gasteiger charge is 2.56. The van der Waals surface area contributed by atoms with E-state index in [-0.39, 0.29) is 0 Å². The van der Waals surface area contributed by atoms with Crippen LogP contribution in [0.2, 0.25) is 0 Å². The molecule has 0 unspecified atom stereocenters. The fourth-order valence-corrected chi connectivity index (χ4v) is 9.16. The van der Waals surface area contributed by atoms with Gasteiger partial charge >= 0.3 is 0 Å². The van der Waals surface area contributed by atoms with Crippen molar-refractivity contribution in [3.05, 3.63) is 0 Å². The van der Waals surface area contributed by atoms with Gasteiger partial charge in [0, 0.05) is 20.8 Å². The van der Waals surface area contributed by atoms with E-state index in [4.69, 9.17) is 47.4 Å². The molecule has 33 heteroatoms. The minimum Gasteiger partial charge on any atom is -0.394 e. The SMILES string of the molecule is CC(=O)N[C@H]1[C@H](OC[C@@H](O)[C@H](O)[C@H](O[C@@H]2O[C@H](CO)[C@H](O)[C@H](O)[C@H]2O[C@@H]2O[C@@H](C)[C@@H](O)[C@@H](O)[C@@H]2O)[C@H](CO)NC(C)=O)O[C@H](CO)[C@@H](O[C@@H]2O[C@H](CO)[C@H](O[C@@H]3O[C@H](CO)[C@@H](O)[C@H](O)[C@H]3NC(C)=O)[C@H](O)[C@H]2O)[C@@H]1O. The highest BCUT2D eigenvalue weighted by Crippen LogP contribution is 2.35. The first-order valence-corrected chi connectivity index (χ1v) is 23.9. The van der Waals surface area contributed by atoms with Crippen LogP contribution in [0.1, 0.15) is 27.7 Å². The summed E-state index contributed by atoms with van der Waals surface area (Å²) in [5, 5.41) is 189. The van der Waals surface area contributed by atoms with Crippen molar-refractivity contribution in [2.45, 2.75) is 205 Å². The molecule has 5 aliphatic rings. The van der Waals surface area contributed by atoms with E-state index in [0.29, 0.717) is 0 Å². The molecule has 5 aliphatic heterocycles. The molecule has 0 radical (unpaired) electrons. The molecular weight excluding hydrogens is 1030 g/mol. The lowest BCUT2D eigenvalue weighted by Crippen LogP contribution is -2.69. The predicted molar refractivity (Wildman–Crippen MR) is 235 cm³/mol. The highest BCUT2D eigenvalue weighted by molar-refractivity contribution is 5.74. The largest absolute Gasteiger partial charge is 0.394 e. The molecule has 5 rings (SSSR count). The summed E-state index contributed by atoms with van der Waals surface area (Å²) in [4.78, 5) is 36.7. The fourth-order valence-electron chi connectivity index (χ4n) is 9.16. The van der Waals surface area contributed by atoms with Crippen LogP contribution in [0.3, 0.4) is 0 Å². The van der Waals surface area contributed by atoms with E-state index in [0.717, 1.165) is 20.8 Å². The van der Waals surface area contributed by atoms with E-state index in [1.54, 1.807) is 0 Å². The summed E-state index contributed by atoms with van der Waals surface area (Å²) in [5.74, 6) is -2.37. The average Bonchev–Trinajstić information content (AvgIpc) is 3.37. The highest BCUT2D eigenvalue weighted by atomic mass is 16.8. The van der Waals surface area contributed by atoms with Crippen LogP contribution >= 0.6 is 0 Å². The van der Waals surface area contributed by atoms with Crippen molar-refractivity contribution in [3.63, 3.8) is 0 Å². The predicted octanol–water partition coefficient (Wildman–Crippen LogP) is -13.0. The van der Waals surface area contributed by atoms with Crippen LogP contribution in [0, 0.1) is 0 Å². The summed E-state index contributed by atoms with van der Waals surface area (Å²) in [6.07, 6.45) is -48.3. The van der Waals surface area contributed by atoms with Crippen LogP contribution in [0.4, 0.5) is 0 Å². The van der Waals surface area contributed by atoms with Crippen LogP contribution in [0.5, 0.6) is 0 Å². The number of aliphatic hydroxyl groups excluding tert-OH is 17. The molecule has 0 aromatic rings. The molecule has 0 saturated carbocycles. The first kappa shape index (κ1) is 63.2. The maximum absolute atomic E-state index is 12.5. The van der Waals surface area contributed by atoms with Crippen molar-refractivity contribution in [2.24, 2.45) is 0 Å². The monoisotopic (exact) mass is 1100 g/mol. The Morgan fingerprint density at radius 1 is 0.480 bits per heavy atom. The van der Waals surface area contributed by atoms with E-state index in [1.165, 1.54) is 6.92 Å². The third-order valence-corrected chi connectivity index (χ3v) is 13.2. The van der Waals surface area contributed by atoms with Gasteiger partial charge in [-0.3, -0.25) is 14.4 Å². The first-order chi connectivity index (χ1) is 35.3. The second-order valence-electron chi connectivity index (χ2n) is 18.8. The van der Waals surface area contributed by atoms with E-state index in [9.17, 15) is 101 Å². The second-order valence-corrected chi connectivity index (χ2v) is 18.8. The third kappa shape index (κ3) is 14.8. The van der Waals surface area contributed by atoms with Gasteiger partial charge < -0.3 is 150 Å². The molecule has 0 aromatic carbocycles. The standard InChI is InChI=1S/C42H73N3O30/c1-11-23(55)29(61)32(64)40(67-11)75-37-30(62)26(58)18(7-48)69-42(37)72-34(15(5-46)43-12(2)51)24(56)16(54)10-66-38-22(45-14(4)53)28(60)35(19(8-49)70-38)74-41-33(65)31(63)36(20(9-50)71-41)73-39-21(44-13(3)52)27(59)25(57)17(6-47)68-39/h11,15-42,46-50,54-65H,5-10H2,1-4H3,(H,43,51)(H,44,52)(H,45,53)/t11-,15-,16+,17+,18+,19+,20+,21+,22+,23+,24-,25+,26-,27+,28+,29+,30-,31+,32-,33+,34+,35+,36-,37+,38+,39-,40-,41-,42-/m0/s1. The zero-order chi connectivity index (χ0) is 55.9. The van der Waals surface area contributed by atoms with Gasteiger partial charge in [-0.05, 0) is 6.92 Å². The zero-order valence-corrected chi connectivity index (χ0v) is 40.9. The van der Waals surface area contributed by atoms with Crippen LogP contribution < -0.4 is 16.0 Å². The molecule has 0 bridgehead atoms. The number of hydrogen-bond donors (Lipinski definition) is 20. The Morgan fingerprint density at radius 3 is 1.45 bits per heavy atom. The molecule has 3 amide bonds. The molecule has 75 heavy (non-hydrogen) atoms. The van der Waals surface area contributed by atoms with Crippen molar-refractivity contribution in [3.8, 4) is 0 Å². The van der Waals surface area contributed by atoms with Crippen LogP contribution in [0.15, 0.2) is 0 Å². The summed E-state index contributed by atoms with van der Waals surface area (Å²) in [5.41, 5.74) is 0. The van der Waals surface area contributed by atoms with Gasteiger partial charge in [0.1, 0.15) is 134 Å². The number of aliphatic hydroxyl groups is 17. The number of carbonyl (C=O) groups is 3. The fraction of sp³-hybridized carbons (Fsp3) is 0.929. The van der Waals surface area contributed by atoms with Crippen molar-refractivity contribution >= 4 is 17.7 Å². The summed E-state index contributed by atoms with van der Waals surface area (Å²) in [6.45, 7) is -1.48. The molecule has 5 heterocycles. The number of ether oxygens (including phenoxy) is 10. The number of rotatable bonds is 22. The minimum absolute atomic E-state index is 0.720. The Morgan fingerprint density at radius 2 is 0.920 bits per heavy atom. The lowest BCUT2D eigenvalue weighted by atomic mass is 9.94. The Balaban J connectivity index is 1.33. The number of hydrogen-bond acceptors (Lipinski definition) is 30. The van der Waals surface area contributed by atoms with E-state index < -0.39 is 235 Å². The molecule has 29 atom stereocenters. The Labute approximate surface area is 426 Å².